The monoisotopic (exact) mass is 254 g/mol. The summed E-state index contributed by atoms with van der Waals surface area (Å²) in [4.78, 5) is 12.2. The summed E-state index contributed by atoms with van der Waals surface area (Å²) in [5, 5.41) is 0. The van der Waals surface area contributed by atoms with Gasteiger partial charge in [0.25, 0.3) is 0 Å². The van der Waals surface area contributed by atoms with Crippen LogP contribution in [0.1, 0.15) is 34.0 Å². The summed E-state index contributed by atoms with van der Waals surface area (Å²) in [5.41, 5.74) is 2.96. The second-order valence-electron chi connectivity index (χ2n) is 4.57. The van der Waals surface area contributed by atoms with Gasteiger partial charge in [0, 0.05) is 19.1 Å². The molecule has 0 aliphatic carbocycles. The van der Waals surface area contributed by atoms with Gasteiger partial charge >= 0.3 is 0 Å². The van der Waals surface area contributed by atoms with Crippen LogP contribution < -0.4 is 0 Å². The SMILES string of the molecule is CO[C@@H](CC(=O)c1ccccc1)c1ccccc1C. The molecule has 2 aromatic carbocycles. The maximum Gasteiger partial charge on any atom is 0.165 e. The first-order valence-corrected chi connectivity index (χ1v) is 6.39. The lowest BCUT2D eigenvalue weighted by atomic mass is 9.97. The Balaban J connectivity index is 2.17. The molecule has 0 amide bonds. The average Bonchev–Trinajstić information content (AvgIpc) is 2.46. The van der Waals surface area contributed by atoms with Crippen molar-refractivity contribution in [3.8, 4) is 0 Å². The molecule has 2 rings (SSSR count). The van der Waals surface area contributed by atoms with Gasteiger partial charge in [0.1, 0.15) is 0 Å². The summed E-state index contributed by atoms with van der Waals surface area (Å²) in [5.74, 6) is 0.107. The van der Waals surface area contributed by atoms with E-state index in [1.54, 1.807) is 7.11 Å². The van der Waals surface area contributed by atoms with Crippen molar-refractivity contribution in [1.82, 2.24) is 0 Å². The van der Waals surface area contributed by atoms with Gasteiger partial charge in [-0.1, -0.05) is 54.6 Å². The predicted octanol–water partition coefficient (Wildman–Crippen LogP) is 3.96. The zero-order valence-electron chi connectivity index (χ0n) is 11.3. The number of benzene rings is 2. The molecule has 0 aliphatic heterocycles. The van der Waals surface area contributed by atoms with Crippen molar-refractivity contribution >= 4 is 5.78 Å². The Morgan fingerprint density at radius 2 is 1.68 bits per heavy atom. The maximum atomic E-state index is 12.2. The maximum absolute atomic E-state index is 12.2. The van der Waals surface area contributed by atoms with Crippen LogP contribution in [0.25, 0.3) is 0 Å². The van der Waals surface area contributed by atoms with E-state index in [0.29, 0.717) is 6.42 Å². The number of rotatable bonds is 5. The van der Waals surface area contributed by atoms with E-state index in [0.717, 1.165) is 16.7 Å². The van der Waals surface area contributed by atoms with E-state index in [1.807, 2.05) is 61.5 Å². The number of methoxy groups -OCH3 is 1. The van der Waals surface area contributed by atoms with E-state index in [2.05, 4.69) is 0 Å². The molecule has 2 heteroatoms. The van der Waals surface area contributed by atoms with Crippen LogP contribution in [0.4, 0.5) is 0 Å². The fourth-order valence-electron chi connectivity index (χ4n) is 2.18. The second kappa shape index (κ2) is 6.30. The molecule has 19 heavy (non-hydrogen) atoms. The van der Waals surface area contributed by atoms with Crippen molar-refractivity contribution in [2.75, 3.05) is 7.11 Å². The molecule has 0 aliphatic rings. The van der Waals surface area contributed by atoms with Gasteiger partial charge in [-0.3, -0.25) is 4.79 Å². The Morgan fingerprint density at radius 3 is 2.32 bits per heavy atom. The Bertz CT molecular complexity index is 546. The van der Waals surface area contributed by atoms with E-state index >= 15 is 0 Å². The summed E-state index contributed by atoms with van der Waals surface area (Å²) >= 11 is 0. The molecule has 0 unspecified atom stereocenters. The Hall–Kier alpha value is -1.93. The number of carbonyl (C=O) groups is 1. The van der Waals surface area contributed by atoms with E-state index in [9.17, 15) is 4.79 Å². The van der Waals surface area contributed by atoms with Gasteiger partial charge in [-0.25, -0.2) is 0 Å². The number of hydrogen-bond acceptors (Lipinski definition) is 2. The highest BCUT2D eigenvalue weighted by Gasteiger charge is 2.17. The van der Waals surface area contributed by atoms with Crippen LogP contribution in [0.3, 0.4) is 0 Å². The molecular weight excluding hydrogens is 236 g/mol. The standard InChI is InChI=1S/C17H18O2/c1-13-8-6-7-11-15(13)17(19-2)12-16(18)14-9-4-3-5-10-14/h3-11,17H,12H2,1-2H3/t17-/m0/s1. The third kappa shape index (κ3) is 3.30. The van der Waals surface area contributed by atoms with Gasteiger partial charge in [0.05, 0.1) is 6.10 Å². The molecular formula is C17H18O2. The Labute approximate surface area is 114 Å². The summed E-state index contributed by atoms with van der Waals surface area (Å²) in [7, 11) is 1.65. The number of hydrogen-bond donors (Lipinski definition) is 0. The van der Waals surface area contributed by atoms with Crippen molar-refractivity contribution < 1.29 is 9.53 Å². The van der Waals surface area contributed by atoms with Gasteiger partial charge in [0.15, 0.2) is 5.78 Å². The molecule has 0 saturated heterocycles. The fraction of sp³-hybridized carbons (Fsp3) is 0.235. The minimum absolute atomic E-state index is 0.107. The van der Waals surface area contributed by atoms with Gasteiger partial charge in [-0.15, -0.1) is 0 Å². The Kier molecular flexibility index (Phi) is 4.48. The molecule has 1 atom stereocenters. The summed E-state index contributed by atoms with van der Waals surface area (Å²) in [6.07, 6.45) is 0.180. The zero-order valence-corrected chi connectivity index (χ0v) is 11.3. The minimum Gasteiger partial charge on any atom is -0.376 e. The average molecular weight is 254 g/mol. The molecule has 0 N–H and O–H groups in total. The molecule has 2 nitrogen and oxygen atoms in total. The number of Topliss-reactive ketones (excluding diaryl/α,β-unsaturated/α-hetero) is 1. The van der Waals surface area contributed by atoms with Crippen molar-refractivity contribution in [1.29, 1.82) is 0 Å². The lowest BCUT2D eigenvalue weighted by Crippen LogP contribution is -2.10. The largest absolute Gasteiger partial charge is 0.376 e. The van der Waals surface area contributed by atoms with Crippen LogP contribution in [-0.4, -0.2) is 12.9 Å². The second-order valence-corrected chi connectivity index (χ2v) is 4.57. The molecule has 2 aromatic rings. The third-order valence-electron chi connectivity index (χ3n) is 3.29. The van der Waals surface area contributed by atoms with Gasteiger partial charge in [0.2, 0.25) is 0 Å². The number of carbonyl (C=O) groups excluding carboxylic acids is 1. The van der Waals surface area contributed by atoms with E-state index in [4.69, 9.17) is 4.74 Å². The summed E-state index contributed by atoms with van der Waals surface area (Å²) in [6, 6.07) is 17.4. The molecule has 0 saturated carbocycles. The first-order chi connectivity index (χ1) is 9.22. The van der Waals surface area contributed by atoms with Crippen LogP contribution in [0.5, 0.6) is 0 Å². The van der Waals surface area contributed by atoms with Crippen LogP contribution in [-0.2, 0) is 4.74 Å². The smallest absolute Gasteiger partial charge is 0.165 e. The van der Waals surface area contributed by atoms with Crippen molar-refractivity contribution in [3.63, 3.8) is 0 Å². The summed E-state index contributed by atoms with van der Waals surface area (Å²) in [6.45, 7) is 2.04. The molecule has 98 valence electrons. The lowest BCUT2D eigenvalue weighted by Gasteiger charge is -2.17. The van der Waals surface area contributed by atoms with Gasteiger partial charge in [-0.2, -0.15) is 0 Å². The highest BCUT2D eigenvalue weighted by Crippen LogP contribution is 2.25. The van der Waals surface area contributed by atoms with Crippen LogP contribution >= 0.6 is 0 Å². The first-order valence-electron chi connectivity index (χ1n) is 6.39. The lowest BCUT2D eigenvalue weighted by molar-refractivity contribution is 0.0728. The van der Waals surface area contributed by atoms with Gasteiger partial charge in [-0.05, 0) is 18.1 Å². The zero-order chi connectivity index (χ0) is 13.7. The van der Waals surface area contributed by atoms with Crippen LogP contribution in [0.15, 0.2) is 54.6 Å². The quantitative estimate of drug-likeness (QED) is 0.755. The highest BCUT2D eigenvalue weighted by atomic mass is 16.5. The molecule has 0 aromatic heterocycles. The van der Waals surface area contributed by atoms with Crippen LogP contribution in [0, 0.1) is 6.92 Å². The Morgan fingerprint density at radius 1 is 1.05 bits per heavy atom. The normalized spacial score (nSPS) is 12.1. The van der Waals surface area contributed by atoms with Gasteiger partial charge < -0.3 is 4.74 Å². The summed E-state index contributed by atoms with van der Waals surface area (Å²) < 4.78 is 5.49. The number of ether oxygens (including phenoxy) is 1. The highest BCUT2D eigenvalue weighted by molar-refractivity contribution is 5.96. The first kappa shape index (κ1) is 13.5. The van der Waals surface area contributed by atoms with E-state index < -0.39 is 0 Å². The molecule has 0 heterocycles. The minimum atomic E-state index is -0.186. The molecule has 0 bridgehead atoms. The fourth-order valence-corrected chi connectivity index (χ4v) is 2.18. The predicted molar refractivity (Wildman–Crippen MR) is 76.3 cm³/mol. The third-order valence-corrected chi connectivity index (χ3v) is 3.29. The van der Waals surface area contributed by atoms with Crippen molar-refractivity contribution in [3.05, 3.63) is 71.3 Å². The molecule has 0 fully saturated rings. The van der Waals surface area contributed by atoms with Crippen molar-refractivity contribution in [2.45, 2.75) is 19.4 Å². The van der Waals surface area contributed by atoms with Crippen molar-refractivity contribution in [2.24, 2.45) is 0 Å². The topological polar surface area (TPSA) is 26.3 Å². The van der Waals surface area contributed by atoms with E-state index in [-0.39, 0.29) is 11.9 Å². The van der Waals surface area contributed by atoms with E-state index in [1.165, 1.54) is 0 Å². The number of aryl methyl sites for hydroxylation is 1. The molecule has 0 radical (unpaired) electrons. The van der Waals surface area contributed by atoms with Crippen LogP contribution in [0.2, 0.25) is 0 Å². The number of ketones is 1. The molecule has 0 spiro atoms.